The van der Waals surface area contributed by atoms with Gasteiger partial charge in [-0.1, -0.05) is 18.2 Å². The standard InChI is InChI=1S/C23H23N3O3S/c27-22(18-3-1-4-19(15-18)25-23(28)21-5-2-12-29-21)24-16-17-6-8-20(9-7-17)26-10-13-30-14-11-26/h1-9,12,15H,10-11,13-14,16H2,(H,24,27)(H,25,28). The monoisotopic (exact) mass is 421 g/mol. The Morgan fingerprint density at radius 3 is 2.50 bits per heavy atom. The second kappa shape index (κ2) is 9.54. The van der Waals surface area contributed by atoms with Crippen LogP contribution in [0.3, 0.4) is 0 Å². The average molecular weight is 422 g/mol. The van der Waals surface area contributed by atoms with E-state index in [1.165, 1.54) is 23.5 Å². The van der Waals surface area contributed by atoms with Crippen LogP contribution in [0.1, 0.15) is 26.5 Å². The van der Waals surface area contributed by atoms with E-state index in [4.69, 9.17) is 4.42 Å². The summed E-state index contributed by atoms with van der Waals surface area (Å²) in [4.78, 5) is 27.0. The van der Waals surface area contributed by atoms with Crippen LogP contribution in [-0.2, 0) is 6.54 Å². The number of nitrogens with zero attached hydrogens (tertiary/aromatic N) is 1. The first kappa shape index (κ1) is 20.1. The molecular weight excluding hydrogens is 398 g/mol. The second-order valence-corrected chi connectivity index (χ2v) is 8.19. The summed E-state index contributed by atoms with van der Waals surface area (Å²) in [6.07, 6.45) is 1.44. The summed E-state index contributed by atoms with van der Waals surface area (Å²) in [6, 6.07) is 18.4. The van der Waals surface area contributed by atoms with E-state index in [0.29, 0.717) is 17.8 Å². The number of rotatable bonds is 6. The topological polar surface area (TPSA) is 74.6 Å². The highest BCUT2D eigenvalue weighted by atomic mass is 32.2. The van der Waals surface area contributed by atoms with Gasteiger partial charge in [-0.25, -0.2) is 0 Å². The number of anilines is 2. The normalized spacial score (nSPS) is 13.7. The summed E-state index contributed by atoms with van der Waals surface area (Å²) in [5.74, 6) is 2.00. The molecule has 0 bridgehead atoms. The van der Waals surface area contributed by atoms with Crippen molar-refractivity contribution in [3.05, 3.63) is 83.8 Å². The first-order chi connectivity index (χ1) is 14.7. The lowest BCUT2D eigenvalue weighted by molar-refractivity contribution is 0.0949. The fraction of sp³-hybridized carbons (Fsp3) is 0.217. The van der Waals surface area contributed by atoms with Gasteiger partial charge in [0.2, 0.25) is 0 Å². The Balaban J connectivity index is 1.33. The number of hydrogen-bond acceptors (Lipinski definition) is 5. The van der Waals surface area contributed by atoms with Gasteiger partial charge in [0, 0.05) is 48.1 Å². The molecule has 1 aliphatic rings. The van der Waals surface area contributed by atoms with Crippen LogP contribution in [0, 0.1) is 0 Å². The predicted molar refractivity (Wildman–Crippen MR) is 120 cm³/mol. The number of carbonyl (C=O) groups is 2. The zero-order chi connectivity index (χ0) is 20.8. The van der Waals surface area contributed by atoms with Crippen molar-refractivity contribution >= 4 is 35.0 Å². The van der Waals surface area contributed by atoms with Crippen molar-refractivity contribution in [2.24, 2.45) is 0 Å². The van der Waals surface area contributed by atoms with Crippen molar-refractivity contribution in [2.75, 3.05) is 34.8 Å². The van der Waals surface area contributed by atoms with Crippen molar-refractivity contribution in [3.63, 3.8) is 0 Å². The van der Waals surface area contributed by atoms with Crippen LogP contribution >= 0.6 is 11.8 Å². The van der Waals surface area contributed by atoms with E-state index in [1.807, 2.05) is 11.8 Å². The molecule has 0 radical (unpaired) electrons. The molecule has 1 aromatic heterocycles. The lowest BCUT2D eigenvalue weighted by atomic mass is 10.1. The molecule has 1 saturated heterocycles. The van der Waals surface area contributed by atoms with E-state index in [0.717, 1.165) is 18.7 Å². The largest absolute Gasteiger partial charge is 0.459 e. The van der Waals surface area contributed by atoms with Gasteiger partial charge in [0.05, 0.1) is 6.26 Å². The number of furan rings is 1. The summed E-state index contributed by atoms with van der Waals surface area (Å²) < 4.78 is 5.08. The molecule has 2 heterocycles. The predicted octanol–water partition coefficient (Wildman–Crippen LogP) is 4.02. The van der Waals surface area contributed by atoms with Gasteiger partial charge in [0.15, 0.2) is 5.76 Å². The Hall–Kier alpha value is -3.19. The first-order valence-corrected chi connectivity index (χ1v) is 11.0. The third-order valence-corrected chi connectivity index (χ3v) is 5.84. The van der Waals surface area contributed by atoms with Crippen molar-refractivity contribution in [3.8, 4) is 0 Å². The Morgan fingerprint density at radius 2 is 1.77 bits per heavy atom. The third kappa shape index (κ3) is 5.04. The number of amides is 2. The fourth-order valence-electron chi connectivity index (χ4n) is 3.27. The Bertz CT molecular complexity index is 997. The maximum absolute atomic E-state index is 12.5. The molecule has 30 heavy (non-hydrogen) atoms. The molecule has 0 unspecified atom stereocenters. The molecule has 2 N–H and O–H groups in total. The maximum atomic E-state index is 12.5. The first-order valence-electron chi connectivity index (χ1n) is 9.84. The zero-order valence-electron chi connectivity index (χ0n) is 16.5. The number of thioether (sulfide) groups is 1. The van der Waals surface area contributed by atoms with Crippen molar-refractivity contribution < 1.29 is 14.0 Å². The summed E-state index contributed by atoms with van der Waals surface area (Å²) >= 11 is 1.99. The van der Waals surface area contributed by atoms with Gasteiger partial charge in [-0.2, -0.15) is 11.8 Å². The Morgan fingerprint density at radius 1 is 0.967 bits per heavy atom. The third-order valence-electron chi connectivity index (χ3n) is 4.89. The molecule has 0 saturated carbocycles. The molecule has 6 nitrogen and oxygen atoms in total. The fourth-order valence-corrected chi connectivity index (χ4v) is 4.17. The lowest BCUT2D eigenvalue weighted by Crippen LogP contribution is -2.32. The molecule has 154 valence electrons. The number of carbonyl (C=O) groups excluding carboxylic acids is 2. The quantitative estimate of drug-likeness (QED) is 0.629. The smallest absolute Gasteiger partial charge is 0.291 e. The minimum Gasteiger partial charge on any atom is -0.459 e. The molecule has 1 fully saturated rings. The van der Waals surface area contributed by atoms with Gasteiger partial charge < -0.3 is 20.0 Å². The second-order valence-electron chi connectivity index (χ2n) is 6.96. The van der Waals surface area contributed by atoms with E-state index < -0.39 is 0 Å². The number of nitrogens with one attached hydrogen (secondary N) is 2. The van der Waals surface area contributed by atoms with Crippen molar-refractivity contribution in [2.45, 2.75) is 6.54 Å². The highest BCUT2D eigenvalue weighted by molar-refractivity contribution is 7.99. The minimum absolute atomic E-state index is 0.193. The number of benzene rings is 2. The van der Waals surface area contributed by atoms with Crippen LogP contribution in [0.5, 0.6) is 0 Å². The van der Waals surface area contributed by atoms with Gasteiger partial charge in [0.1, 0.15) is 0 Å². The van der Waals surface area contributed by atoms with Crippen molar-refractivity contribution in [1.82, 2.24) is 5.32 Å². The van der Waals surface area contributed by atoms with Crippen molar-refractivity contribution in [1.29, 1.82) is 0 Å². The average Bonchev–Trinajstić information content (AvgIpc) is 3.34. The number of hydrogen-bond donors (Lipinski definition) is 2. The van der Waals surface area contributed by atoms with Gasteiger partial charge in [-0.05, 0) is 48.0 Å². The molecule has 0 spiro atoms. The molecular formula is C23H23N3O3S. The van der Waals surface area contributed by atoms with E-state index in [2.05, 4.69) is 39.8 Å². The van der Waals surface area contributed by atoms with Crippen LogP contribution in [0.2, 0.25) is 0 Å². The van der Waals surface area contributed by atoms with Crippen LogP contribution in [0.25, 0.3) is 0 Å². The lowest BCUT2D eigenvalue weighted by Gasteiger charge is -2.28. The molecule has 4 rings (SSSR count). The van der Waals surface area contributed by atoms with Crippen LogP contribution < -0.4 is 15.5 Å². The van der Waals surface area contributed by atoms with E-state index in [9.17, 15) is 9.59 Å². The summed E-state index contributed by atoms with van der Waals surface area (Å²) in [6.45, 7) is 2.60. The van der Waals surface area contributed by atoms with E-state index in [-0.39, 0.29) is 17.6 Å². The zero-order valence-corrected chi connectivity index (χ0v) is 17.3. The molecule has 3 aromatic rings. The summed E-state index contributed by atoms with van der Waals surface area (Å²) in [5.41, 5.74) is 3.29. The van der Waals surface area contributed by atoms with Crippen LogP contribution in [0.15, 0.2) is 71.3 Å². The highest BCUT2D eigenvalue weighted by Crippen LogP contribution is 2.20. The molecule has 7 heteroatoms. The molecule has 0 atom stereocenters. The molecule has 0 aliphatic carbocycles. The van der Waals surface area contributed by atoms with E-state index >= 15 is 0 Å². The summed E-state index contributed by atoms with van der Waals surface area (Å²) in [5, 5.41) is 5.67. The maximum Gasteiger partial charge on any atom is 0.291 e. The van der Waals surface area contributed by atoms with Gasteiger partial charge >= 0.3 is 0 Å². The Labute approximate surface area is 179 Å². The molecule has 2 aromatic carbocycles. The minimum atomic E-state index is -0.357. The van der Waals surface area contributed by atoms with Gasteiger partial charge in [-0.3, -0.25) is 9.59 Å². The van der Waals surface area contributed by atoms with Crippen LogP contribution in [-0.4, -0.2) is 36.4 Å². The van der Waals surface area contributed by atoms with Gasteiger partial charge in [0.25, 0.3) is 11.8 Å². The van der Waals surface area contributed by atoms with Crippen LogP contribution in [0.4, 0.5) is 11.4 Å². The summed E-state index contributed by atoms with van der Waals surface area (Å²) in [7, 11) is 0. The highest BCUT2D eigenvalue weighted by Gasteiger charge is 2.12. The SMILES string of the molecule is O=C(NCc1ccc(N2CCSCC2)cc1)c1cccc(NC(=O)c2ccco2)c1. The molecule has 2 amide bonds. The Kier molecular flexibility index (Phi) is 6.39. The molecule has 1 aliphatic heterocycles. The van der Waals surface area contributed by atoms with Gasteiger partial charge in [-0.15, -0.1) is 0 Å². The van der Waals surface area contributed by atoms with E-state index in [1.54, 1.807) is 36.4 Å².